The predicted molar refractivity (Wildman–Crippen MR) is 121 cm³/mol. The summed E-state index contributed by atoms with van der Waals surface area (Å²) >= 11 is 0. The first-order chi connectivity index (χ1) is 14.3. The Labute approximate surface area is 177 Å². The summed E-state index contributed by atoms with van der Waals surface area (Å²) in [5, 5.41) is 10.6. The normalized spacial score (nSPS) is 21.6. The van der Waals surface area contributed by atoms with Crippen LogP contribution in [-0.2, 0) is 15.7 Å². The number of hydrogen-bond acceptors (Lipinski definition) is 3. The lowest BCUT2D eigenvalue weighted by Gasteiger charge is -2.32. The van der Waals surface area contributed by atoms with Crippen LogP contribution in [0.25, 0.3) is 22.7 Å². The fourth-order valence-electron chi connectivity index (χ4n) is 4.37. The Morgan fingerprint density at radius 2 is 1.77 bits per heavy atom. The molecule has 0 spiro atoms. The Hall–Kier alpha value is -2.81. The summed E-state index contributed by atoms with van der Waals surface area (Å²) in [6.45, 7) is 8.29. The van der Waals surface area contributed by atoms with Gasteiger partial charge in [0.05, 0.1) is 28.7 Å². The molecule has 1 atom stereocenters. The van der Waals surface area contributed by atoms with E-state index in [1.54, 1.807) is 0 Å². The molecule has 4 nitrogen and oxygen atoms in total. The molecule has 0 saturated carbocycles. The summed E-state index contributed by atoms with van der Waals surface area (Å²) in [4.78, 5) is 0. The maximum Gasteiger partial charge on any atom is 0.494 e. The lowest BCUT2D eigenvalue weighted by Crippen LogP contribution is -2.41. The Balaban J connectivity index is 1.63. The van der Waals surface area contributed by atoms with Crippen LogP contribution in [0.15, 0.2) is 54.6 Å². The highest BCUT2D eigenvalue weighted by atomic mass is 16.7. The van der Waals surface area contributed by atoms with Crippen molar-refractivity contribution in [3.63, 3.8) is 0 Å². The number of rotatable bonds is 2. The van der Waals surface area contributed by atoms with Crippen LogP contribution < -0.4 is 5.46 Å². The van der Waals surface area contributed by atoms with Gasteiger partial charge in [0.2, 0.25) is 0 Å². The molecular formula is C25H25BN2O2. The van der Waals surface area contributed by atoms with Crippen LogP contribution in [-0.4, -0.2) is 22.9 Å². The van der Waals surface area contributed by atoms with Gasteiger partial charge in [0, 0.05) is 16.8 Å². The SMILES string of the molecule is CC1(C)OB(c2cccc(-n3c4c(c5ccccc53)CC(C#N)C=C4)c2)OC1(C)C. The molecule has 5 rings (SSSR count). The summed E-state index contributed by atoms with van der Waals surface area (Å²) in [6.07, 6.45) is 4.84. The Morgan fingerprint density at radius 1 is 1.03 bits per heavy atom. The van der Waals surface area contributed by atoms with E-state index in [1.807, 2.05) is 6.08 Å². The first-order valence-electron chi connectivity index (χ1n) is 10.5. The fraction of sp³-hybridized carbons (Fsp3) is 0.320. The van der Waals surface area contributed by atoms with Gasteiger partial charge < -0.3 is 13.9 Å². The molecule has 2 heterocycles. The van der Waals surface area contributed by atoms with Crippen LogP contribution in [0.5, 0.6) is 0 Å². The quantitative estimate of drug-likeness (QED) is 0.593. The number of allylic oxidation sites excluding steroid dienone is 1. The van der Waals surface area contributed by atoms with Gasteiger partial charge in [0.25, 0.3) is 0 Å². The fourth-order valence-corrected chi connectivity index (χ4v) is 4.37. The van der Waals surface area contributed by atoms with E-state index < -0.39 is 7.12 Å². The minimum absolute atomic E-state index is 0.0761. The average Bonchev–Trinajstić information content (AvgIpc) is 3.17. The van der Waals surface area contributed by atoms with E-state index in [-0.39, 0.29) is 17.1 Å². The Morgan fingerprint density at radius 3 is 2.50 bits per heavy atom. The molecule has 0 N–H and O–H groups in total. The van der Waals surface area contributed by atoms with Crippen molar-refractivity contribution in [2.75, 3.05) is 0 Å². The van der Waals surface area contributed by atoms with Crippen LogP contribution in [0, 0.1) is 17.2 Å². The summed E-state index contributed by atoms with van der Waals surface area (Å²) in [5.41, 5.74) is 4.86. The van der Waals surface area contributed by atoms with Gasteiger partial charge in [0.1, 0.15) is 0 Å². The van der Waals surface area contributed by atoms with Gasteiger partial charge in [-0.2, -0.15) is 5.26 Å². The van der Waals surface area contributed by atoms with Crippen molar-refractivity contribution >= 4 is 29.6 Å². The second-order valence-corrected chi connectivity index (χ2v) is 9.20. The highest BCUT2D eigenvalue weighted by Gasteiger charge is 2.51. The highest BCUT2D eigenvalue weighted by molar-refractivity contribution is 6.62. The maximum absolute atomic E-state index is 9.42. The van der Waals surface area contributed by atoms with Gasteiger partial charge in [-0.1, -0.05) is 36.4 Å². The van der Waals surface area contributed by atoms with Gasteiger partial charge in [-0.05, 0) is 69.4 Å². The lowest BCUT2D eigenvalue weighted by molar-refractivity contribution is 0.00578. The van der Waals surface area contributed by atoms with Crippen molar-refractivity contribution in [2.24, 2.45) is 5.92 Å². The van der Waals surface area contributed by atoms with Crippen LogP contribution in [0.3, 0.4) is 0 Å². The maximum atomic E-state index is 9.42. The van der Waals surface area contributed by atoms with Crippen molar-refractivity contribution < 1.29 is 9.31 Å². The van der Waals surface area contributed by atoms with Crippen LogP contribution in [0.2, 0.25) is 0 Å². The van der Waals surface area contributed by atoms with Crippen LogP contribution >= 0.6 is 0 Å². The Kier molecular flexibility index (Phi) is 4.22. The van der Waals surface area contributed by atoms with Gasteiger partial charge >= 0.3 is 7.12 Å². The van der Waals surface area contributed by atoms with E-state index in [1.165, 1.54) is 10.9 Å². The monoisotopic (exact) mass is 396 g/mol. The standard InChI is InChI=1S/C25H25BN2O2/c1-24(2)25(3,4)30-26(29-24)18-8-7-9-19(15-18)28-22-11-6-5-10-20(22)21-14-17(16-27)12-13-23(21)28/h5-13,15,17H,14H2,1-4H3. The molecule has 1 saturated heterocycles. The summed E-state index contributed by atoms with van der Waals surface area (Å²) in [5.74, 6) is -0.0761. The molecule has 1 aliphatic carbocycles. The first-order valence-corrected chi connectivity index (χ1v) is 10.5. The second kappa shape index (κ2) is 6.60. The van der Waals surface area contributed by atoms with Gasteiger partial charge in [-0.15, -0.1) is 0 Å². The van der Waals surface area contributed by atoms with E-state index in [0.717, 1.165) is 28.8 Å². The number of benzene rings is 2. The summed E-state index contributed by atoms with van der Waals surface area (Å²) < 4.78 is 14.8. The summed E-state index contributed by atoms with van der Waals surface area (Å²) in [6, 6.07) is 19.2. The van der Waals surface area contributed by atoms with Gasteiger partial charge in [0.15, 0.2) is 0 Å². The molecule has 3 aromatic rings. The Bertz CT molecular complexity index is 1200. The molecule has 2 aliphatic rings. The lowest BCUT2D eigenvalue weighted by atomic mass is 9.79. The largest absolute Gasteiger partial charge is 0.494 e. The summed E-state index contributed by atoms with van der Waals surface area (Å²) in [7, 11) is -0.397. The zero-order chi connectivity index (χ0) is 21.1. The second-order valence-electron chi connectivity index (χ2n) is 9.20. The first kappa shape index (κ1) is 19.2. The number of nitriles is 1. The van der Waals surface area contributed by atoms with Crippen LogP contribution in [0.1, 0.15) is 39.0 Å². The molecule has 0 amide bonds. The molecule has 1 unspecified atom stereocenters. The highest BCUT2D eigenvalue weighted by Crippen LogP contribution is 2.37. The van der Waals surface area contributed by atoms with Gasteiger partial charge in [-0.25, -0.2) is 0 Å². The zero-order valence-electron chi connectivity index (χ0n) is 17.8. The molecule has 1 aliphatic heterocycles. The number of hydrogen-bond donors (Lipinski definition) is 0. The van der Waals surface area contributed by atoms with Gasteiger partial charge in [-0.3, -0.25) is 0 Å². The van der Waals surface area contributed by atoms with E-state index in [2.05, 4.69) is 92.9 Å². The van der Waals surface area contributed by atoms with Crippen molar-refractivity contribution in [3.05, 3.63) is 65.9 Å². The minimum atomic E-state index is -0.397. The van der Waals surface area contributed by atoms with E-state index in [0.29, 0.717) is 0 Å². The third-order valence-electron chi connectivity index (χ3n) is 6.75. The molecule has 0 bridgehead atoms. The molecule has 5 heteroatoms. The third kappa shape index (κ3) is 2.83. The van der Waals surface area contributed by atoms with Crippen molar-refractivity contribution in [1.29, 1.82) is 5.26 Å². The molecule has 30 heavy (non-hydrogen) atoms. The molecule has 2 aromatic carbocycles. The number of fused-ring (bicyclic) bond motifs is 3. The molecular weight excluding hydrogens is 371 g/mol. The predicted octanol–water partition coefficient (Wildman–Crippen LogP) is 4.64. The zero-order valence-corrected chi connectivity index (χ0v) is 17.8. The minimum Gasteiger partial charge on any atom is -0.399 e. The molecule has 1 fully saturated rings. The molecule has 0 radical (unpaired) electrons. The van der Waals surface area contributed by atoms with Crippen LogP contribution in [0.4, 0.5) is 0 Å². The molecule has 150 valence electrons. The van der Waals surface area contributed by atoms with E-state index in [4.69, 9.17) is 9.31 Å². The average molecular weight is 396 g/mol. The van der Waals surface area contributed by atoms with E-state index >= 15 is 0 Å². The van der Waals surface area contributed by atoms with Crippen molar-refractivity contribution in [3.8, 4) is 11.8 Å². The van der Waals surface area contributed by atoms with Crippen molar-refractivity contribution in [1.82, 2.24) is 4.57 Å². The van der Waals surface area contributed by atoms with Crippen molar-refractivity contribution in [2.45, 2.75) is 45.3 Å². The number of aromatic nitrogens is 1. The topological polar surface area (TPSA) is 47.2 Å². The number of para-hydroxylation sites is 1. The van der Waals surface area contributed by atoms with E-state index in [9.17, 15) is 5.26 Å². The molecule has 1 aromatic heterocycles. The smallest absolute Gasteiger partial charge is 0.399 e. The third-order valence-corrected chi connectivity index (χ3v) is 6.75. The number of nitrogens with zero attached hydrogens (tertiary/aromatic N) is 2.